The van der Waals surface area contributed by atoms with Crippen molar-refractivity contribution in [2.45, 2.75) is 193 Å². The molecule has 2 aliphatic rings. The summed E-state index contributed by atoms with van der Waals surface area (Å²) in [4.78, 5) is 58.9. The second kappa shape index (κ2) is 26.2. The molecule has 372 valence electrons. The molecule has 0 spiro atoms. The van der Waals surface area contributed by atoms with Crippen LogP contribution in [-0.2, 0) is 37.4 Å². The van der Waals surface area contributed by atoms with Crippen molar-refractivity contribution >= 4 is 36.5 Å². The monoisotopic (exact) mass is 951 g/mol. The van der Waals surface area contributed by atoms with Crippen LogP contribution in [0.4, 0.5) is 16.0 Å². The number of methoxy groups -OCH3 is 1. The molecule has 1 unspecified atom stereocenters. The zero-order valence-corrected chi connectivity index (χ0v) is 40.6. The van der Waals surface area contributed by atoms with Crippen LogP contribution in [-0.4, -0.2) is 109 Å². The molecule has 4 N–H and O–H groups in total. The van der Waals surface area contributed by atoms with Crippen LogP contribution < -0.4 is 22.1 Å². The molecule has 0 aromatic carbocycles. The van der Waals surface area contributed by atoms with E-state index in [-0.39, 0.29) is 49.8 Å². The number of fused-ring (bicyclic) bond motifs is 1. The van der Waals surface area contributed by atoms with Gasteiger partial charge in [-0.05, 0) is 40.2 Å². The highest BCUT2D eigenvalue weighted by molar-refractivity contribution is 7.45. The van der Waals surface area contributed by atoms with Crippen LogP contribution >= 0.6 is 7.82 Å². The average Bonchev–Trinajstić information content (AvgIpc) is 3.93. The Morgan fingerprint density at radius 3 is 2.09 bits per heavy atom. The van der Waals surface area contributed by atoms with Crippen LogP contribution in [0, 0.1) is 5.92 Å². The van der Waals surface area contributed by atoms with Gasteiger partial charge in [0, 0.05) is 38.7 Å². The maximum absolute atomic E-state index is 16.6. The molecule has 5 heterocycles. The standard InChI is InChI=1S/C45H75FN9O10P/c1-7-8-9-10-11-12-13-14-15-16-17-18-19-20-21-23-53(26-33-40(65-66(58,59)64-31(4)5)37(46)43(62-33)54-24-22-35(47)52-45(54)57)36(56)25-32-34(27-61-30(2)3)63-44(39(32)60-6)55-29-51-38-41(48)49-28-50-42(38)55/h22,24,28-34,37,39-40,43-44H,7-21,23,25-27H2,1-6H3,(H,58,59)(H2,47,52,57)(H2,48,49,50)/p-1/t32-,33-,34-,37-,39-,40-,43-,44-/m1/s1. The van der Waals surface area contributed by atoms with Gasteiger partial charge in [0.05, 0.1) is 31.2 Å². The summed E-state index contributed by atoms with van der Waals surface area (Å²) in [6.45, 7) is 9.13. The summed E-state index contributed by atoms with van der Waals surface area (Å²) in [6, 6.07) is 1.30. The molecule has 0 bridgehead atoms. The van der Waals surface area contributed by atoms with E-state index in [9.17, 15) is 19.0 Å². The lowest BCUT2D eigenvalue weighted by Crippen LogP contribution is -2.45. The fourth-order valence-electron chi connectivity index (χ4n) is 8.83. The number of nitrogens with zero attached hydrogens (tertiary/aromatic N) is 7. The first-order valence-electron chi connectivity index (χ1n) is 24.0. The van der Waals surface area contributed by atoms with Gasteiger partial charge in [0.1, 0.15) is 36.0 Å². The fourth-order valence-corrected chi connectivity index (χ4v) is 9.95. The number of aromatic nitrogens is 6. The third kappa shape index (κ3) is 15.2. The maximum Gasteiger partial charge on any atom is 0.351 e. The molecule has 0 aliphatic carbocycles. The minimum Gasteiger partial charge on any atom is -0.756 e. The number of phosphoric ester groups is 1. The van der Waals surface area contributed by atoms with Crippen molar-refractivity contribution in [3.8, 4) is 0 Å². The van der Waals surface area contributed by atoms with Gasteiger partial charge in [-0.2, -0.15) is 4.98 Å². The largest absolute Gasteiger partial charge is 0.756 e. The molecule has 2 fully saturated rings. The Morgan fingerprint density at radius 1 is 0.879 bits per heavy atom. The first-order valence-corrected chi connectivity index (χ1v) is 25.4. The number of alkyl halides is 1. The highest BCUT2D eigenvalue weighted by Crippen LogP contribution is 2.47. The van der Waals surface area contributed by atoms with E-state index in [0.717, 1.165) is 30.3 Å². The van der Waals surface area contributed by atoms with Crippen LogP contribution in [0.2, 0.25) is 0 Å². The number of hydrogen-bond acceptors (Lipinski definition) is 16. The quantitative estimate of drug-likeness (QED) is 0.0515. The summed E-state index contributed by atoms with van der Waals surface area (Å²) in [7, 11) is -3.58. The lowest BCUT2D eigenvalue weighted by molar-refractivity contribution is -0.235. The molecule has 19 nitrogen and oxygen atoms in total. The van der Waals surface area contributed by atoms with Crippen LogP contribution in [0.5, 0.6) is 0 Å². The number of carbonyl (C=O) groups excluding carboxylic acids is 1. The number of nitrogens with two attached hydrogens (primary N) is 2. The number of imidazole rings is 1. The van der Waals surface area contributed by atoms with E-state index in [1.807, 2.05) is 13.8 Å². The van der Waals surface area contributed by atoms with Crippen molar-refractivity contribution in [1.29, 1.82) is 0 Å². The molecular weight excluding hydrogens is 877 g/mol. The molecular formula is C45H74FN9O10P-. The molecule has 21 heteroatoms. The molecule has 3 aromatic rings. The van der Waals surface area contributed by atoms with Gasteiger partial charge in [-0.3, -0.25) is 18.5 Å². The summed E-state index contributed by atoms with van der Waals surface area (Å²) >= 11 is 0. The van der Waals surface area contributed by atoms with E-state index in [1.54, 1.807) is 15.8 Å². The Labute approximate surface area is 388 Å². The average molecular weight is 951 g/mol. The van der Waals surface area contributed by atoms with Gasteiger partial charge in [0.25, 0.3) is 7.82 Å². The third-order valence-electron chi connectivity index (χ3n) is 12.2. The zero-order valence-electron chi connectivity index (χ0n) is 39.7. The van der Waals surface area contributed by atoms with E-state index in [1.165, 1.54) is 104 Å². The van der Waals surface area contributed by atoms with Crippen molar-refractivity contribution < 1.29 is 46.6 Å². The Kier molecular flexibility index (Phi) is 21.2. The molecule has 0 saturated carbocycles. The van der Waals surface area contributed by atoms with Crippen molar-refractivity contribution in [2.75, 3.05) is 38.3 Å². The molecule has 2 saturated heterocycles. The van der Waals surface area contributed by atoms with Crippen molar-refractivity contribution in [3.05, 3.63) is 35.4 Å². The van der Waals surface area contributed by atoms with E-state index in [0.29, 0.717) is 17.6 Å². The van der Waals surface area contributed by atoms with Crippen molar-refractivity contribution in [1.82, 2.24) is 34.0 Å². The van der Waals surface area contributed by atoms with Gasteiger partial charge in [-0.15, -0.1) is 0 Å². The van der Waals surface area contributed by atoms with Gasteiger partial charge in [0.2, 0.25) is 5.91 Å². The van der Waals surface area contributed by atoms with Crippen LogP contribution in [0.3, 0.4) is 0 Å². The predicted octanol–water partition coefficient (Wildman–Crippen LogP) is 6.81. The Balaban J connectivity index is 1.34. The first kappa shape index (κ1) is 53.3. The third-order valence-corrected chi connectivity index (χ3v) is 13.4. The number of ether oxygens (including phenoxy) is 4. The summed E-state index contributed by atoms with van der Waals surface area (Å²) in [5.74, 6) is -0.802. The van der Waals surface area contributed by atoms with Gasteiger partial charge in [-0.1, -0.05) is 96.8 Å². The number of unbranched alkanes of at least 4 members (excludes halogenated alkanes) is 14. The molecule has 2 aliphatic heterocycles. The van der Waals surface area contributed by atoms with Crippen LogP contribution in [0.1, 0.15) is 150 Å². The number of halogens is 1. The summed E-state index contributed by atoms with van der Waals surface area (Å²) < 4.78 is 67.5. The number of nitrogen functional groups attached to an aromatic ring is 2. The van der Waals surface area contributed by atoms with Gasteiger partial charge in [0.15, 0.2) is 30.1 Å². The molecule has 66 heavy (non-hydrogen) atoms. The Morgan fingerprint density at radius 2 is 1.50 bits per heavy atom. The van der Waals surface area contributed by atoms with Gasteiger partial charge in [-0.25, -0.2) is 24.1 Å². The lowest BCUT2D eigenvalue weighted by Gasteiger charge is -2.33. The minimum absolute atomic E-state index is 0.0908. The molecule has 1 amide bonds. The molecule has 5 rings (SSSR count). The zero-order chi connectivity index (χ0) is 47.8. The second-order valence-electron chi connectivity index (χ2n) is 18.1. The topological polar surface area (TPSA) is 246 Å². The van der Waals surface area contributed by atoms with Gasteiger partial charge >= 0.3 is 5.69 Å². The number of rotatable bonds is 30. The number of amides is 1. The summed E-state index contributed by atoms with van der Waals surface area (Å²) in [6.07, 6.45) is 11.4. The second-order valence-corrected chi connectivity index (χ2v) is 19.4. The summed E-state index contributed by atoms with van der Waals surface area (Å²) in [5.41, 5.74) is 11.7. The highest BCUT2D eigenvalue weighted by atomic mass is 31.2. The van der Waals surface area contributed by atoms with Crippen molar-refractivity contribution in [3.63, 3.8) is 0 Å². The van der Waals surface area contributed by atoms with E-state index in [2.05, 4.69) is 26.9 Å². The predicted molar refractivity (Wildman–Crippen MR) is 246 cm³/mol. The normalized spacial score (nSPS) is 24.2. The van der Waals surface area contributed by atoms with Crippen molar-refractivity contribution in [2.24, 2.45) is 5.92 Å². The van der Waals surface area contributed by atoms with Gasteiger partial charge < -0.3 is 49.3 Å². The highest BCUT2D eigenvalue weighted by Gasteiger charge is 2.51. The fraction of sp³-hybridized carbons (Fsp3) is 0.778. The molecule has 0 radical (unpaired) electrons. The number of phosphoric acid groups is 1. The minimum atomic E-state index is -5.11. The lowest BCUT2D eigenvalue weighted by atomic mass is 9.93. The number of hydrogen-bond donors (Lipinski definition) is 2. The maximum atomic E-state index is 16.6. The Hall–Kier alpha value is -3.62. The van der Waals surface area contributed by atoms with Crippen LogP contribution in [0.25, 0.3) is 11.2 Å². The van der Waals surface area contributed by atoms with E-state index in [4.69, 9.17) is 39.5 Å². The molecule has 9 atom stereocenters. The Bertz CT molecular complexity index is 2040. The first-order chi connectivity index (χ1) is 31.6. The number of carbonyl (C=O) groups is 1. The van der Waals surface area contributed by atoms with E-state index < -0.39 is 68.6 Å². The van der Waals surface area contributed by atoms with E-state index >= 15 is 4.39 Å². The summed E-state index contributed by atoms with van der Waals surface area (Å²) in [5, 5.41) is 0. The number of anilines is 2. The SMILES string of the molecule is CCCCCCCCCCCCCCCCCN(C[C@H]1O[C@@H](n2ccc(N)nc2=O)[C@H](F)[C@@H]1OP(=O)([O-])OC(C)C)C(=O)C[C@H]1[C@@H](OC)[C@H](n2cnc3c(N)ncnc32)O[C@@H]1COC(C)C. The molecule has 3 aromatic heterocycles. The smallest absolute Gasteiger partial charge is 0.351 e. The van der Waals surface area contributed by atoms with Crippen LogP contribution in [0.15, 0.2) is 29.7 Å².